The van der Waals surface area contributed by atoms with Crippen molar-refractivity contribution in [1.29, 1.82) is 0 Å². The summed E-state index contributed by atoms with van der Waals surface area (Å²) in [5, 5.41) is 6.62. The third-order valence-corrected chi connectivity index (χ3v) is 2.90. The molecule has 1 aliphatic heterocycles. The van der Waals surface area contributed by atoms with Gasteiger partial charge < -0.3 is 19.9 Å². The van der Waals surface area contributed by atoms with Gasteiger partial charge in [0.05, 0.1) is 19.9 Å². The average Bonchev–Trinajstić information content (AvgIpc) is 2.83. The smallest absolute Gasteiger partial charge is 0.189 e. The highest BCUT2D eigenvalue weighted by molar-refractivity contribution is 5.79. The molecule has 0 aliphatic carbocycles. The van der Waals surface area contributed by atoms with E-state index in [1.165, 1.54) is 0 Å². The molecular weight excluding hydrogens is 234 g/mol. The molecule has 0 spiro atoms. The number of aromatic amines is 1. The number of nitrogens with zero attached hydrogens (tertiary/aromatic N) is 1. The van der Waals surface area contributed by atoms with Crippen LogP contribution in [0.1, 0.15) is 5.56 Å². The van der Waals surface area contributed by atoms with Crippen LogP contribution in [0.2, 0.25) is 0 Å². The molecule has 6 heteroatoms. The quantitative estimate of drug-likeness (QED) is 0.841. The lowest BCUT2D eigenvalue weighted by Crippen LogP contribution is -2.11. The standard InChI is InChI=1S/C12H13N3O3/c1-16-11-2-7-5-17-6-18-10(7)3-8(11)9-4-14-15-12(9)13/h2-4H,5-6H2,1H3,(H3,13,14,15). The van der Waals surface area contributed by atoms with Crippen LogP contribution < -0.4 is 15.2 Å². The van der Waals surface area contributed by atoms with Gasteiger partial charge in [-0.1, -0.05) is 0 Å². The largest absolute Gasteiger partial charge is 0.496 e. The van der Waals surface area contributed by atoms with Gasteiger partial charge in [-0.15, -0.1) is 0 Å². The van der Waals surface area contributed by atoms with E-state index in [2.05, 4.69) is 10.2 Å². The van der Waals surface area contributed by atoms with Crippen LogP contribution in [0.4, 0.5) is 5.82 Å². The summed E-state index contributed by atoms with van der Waals surface area (Å²) in [5.41, 5.74) is 8.44. The van der Waals surface area contributed by atoms with Crippen molar-refractivity contribution >= 4 is 5.82 Å². The summed E-state index contributed by atoms with van der Waals surface area (Å²) in [6.07, 6.45) is 1.67. The average molecular weight is 247 g/mol. The van der Waals surface area contributed by atoms with Crippen LogP contribution in [0.15, 0.2) is 18.3 Å². The van der Waals surface area contributed by atoms with Crippen LogP contribution in [-0.2, 0) is 11.3 Å². The lowest BCUT2D eigenvalue weighted by Gasteiger charge is -2.20. The van der Waals surface area contributed by atoms with E-state index in [1.807, 2.05) is 12.1 Å². The third kappa shape index (κ3) is 1.67. The van der Waals surface area contributed by atoms with Gasteiger partial charge in [0.15, 0.2) is 6.79 Å². The molecule has 3 N–H and O–H groups in total. The summed E-state index contributed by atoms with van der Waals surface area (Å²) in [6, 6.07) is 3.80. The van der Waals surface area contributed by atoms with E-state index in [9.17, 15) is 0 Å². The highest BCUT2D eigenvalue weighted by atomic mass is 16.7. The molecule has 18 heavy (non-hydrogen) atoms. The third-order valence-electron chi connectivity index (χ3n) is 2.90. The van der Waals surface area contributed by atoms with E-state index in [1.54, 1.807) is 13.3 Å². The van der Waals surface area contributed by atoms with Gasteiger partial charge in [0.1, 0.15) is 17.3 Å². The molecule has 2 heterocycles. The molecule has 0 atom stereocenters. The first kappa shape index (κ1) is 10.9. The van der Waals surface area contributed by atoms with Crippen LogP contribution in [0.25, 0.3) is 11.1 Å². The maximum Gasteiger partial charge on any atom is 0.189 e. The second kappa shape index (κ2) is 4.23. The zero-order chi connectivity index (χ0) is 12.5. The maximum atomic E-state index is 5.83. The van der Waals surface area contributed by atoms with Gasteiger partial charge in [0.25, 0.3) is 0 Å². The second-order valence-electron chi connectivity index (χ2n) is 3.97. The summed E-state index contributed by atoms with van der Waals surface area (Å²) in [4.78, 5) is 0. The fourth-order valence-corrected chi connectivity index (χ4v) is 2.00. The van der Waals surface area contributed by atoms with E-state index in [0.717, 1.165) is 28.2 Å². The number of methoxy groups -OCH3 is 1. The van der Waals surface area contributed by atoms with Gasteiger partial charge in [-0.2, -0.15) is 5.10 Å². The molecule has 0 bridgehead atoms. The molecule has 1 aromatic carbocycles. The van der Waals surface area contributed by atoms with Crippen LogP contribution in [0.5, 0.6) is 11.5 Å². The van der Waals surface area contributed by atoms with Crippen molar-refractivity contribution in [2.75, 3.05) is 19.6 Å². The molecule has 2 aromatic rings. The number of ether oxygens (including phenoxy) is 3. The number of H-pyrrole nitrogens is 1. The number of hydrogen-bond donors (Lipinski definition) is 2. The Kier molecular flexibility index (Phi) is 2.56. The van der Waals surface area contributed by atoms with E-state index in [0.29, 0.717) is 12.4 Å². The van der Waals surface area contributed by atoms with Crippen molar-refractivity contribution in [2.45, 2.75) is 6.61 Å². The summed E-state index contributed by atoms with van der Waals surface area (Å²) in [5.74, 6) is 2.01. The molecule has 0 saturated carbocycles. The highest BCUT2D eigenvalue weighted by Gasteiger charge is 2.18. The minimum atomic E-state index is 0.264. The zero-order valence-corrected chi connectivity index (χ0v) is 9.90. The second-order valence-corrected chi connectivity index (χ2v) is 3.97. The maximum absolute atomic E-state index is 5.83. The fraction of sp³-hybridized carbons (Fsp3) is 0.250. The Labute approximate surface area is 104 Å². The Hall–Kier alpha value is -2.21. The Balaban J connectivity index is 2.16. The van der Waals surface area contributed by atoms with Gasteiger partial charge in [-0.05, 0) is 12.1 Å². The SMILES string of the molecule is COc1cc2c(cc1-c1cn[nH]c1N)OCOC2. The van der Waals surface area contributed by atoms with E-state index in [4.69, 9.17) is 19.9 Å². The number of fused-ring (bicyclic) bond motifs is 1. The molecule has 0 saturated heterocycles. The van der Waals surface area contributed by atoms with Gasteiger partial charge >= 0.3 is 0 Å². The molecule has 0 unspecified atom stereocenters. The number of nitrogen functional groups attached to an aromatic ring is 1. The Morgan fingerprint density at radius 2 is 2.28 bits per heavy atom. The molecule has 1 aliphatic rings. The first-order chi connectivity index (χ1) is 8.79. The Bertz CT molecular complexity index is 580. The number of nitrogens with one attached hydrogen (secondary N) is 1. The predicted octanol–water partition coefficient (Wildman–Crippen LogP) is 1.53. The van der Waals surface area contributed by atoms with Crippen molar-refractivity contribution < 1.29 is 14.2 Å². The Morgan fingerprint density at radius 1 is 1.39 bits per heavy atom. The minimum Gasteiger partial charge on any atom is -0.496 e. The molecule has 3 rings (SSSR count). The number of aromatic nitrogens is 2. The normalized spacial score (nSPS) is 13.8. The van der Waals surface area contributed by atoms with Crippen LogP contribution in [0.3, 0.4) is 0 Å². The fourth-order valence-electron chi connectivity index (χ4n) is 2.00. The summed E-state index contributed by atoms with van der Waals surface area (Å²) >= 11 is 0. The van der Waals surface area contributed by atoms with Crippen molar-refractivity contribution in [3.8, 4) is 22.6 Å². The monoisotopic (exact) mass is 247 g/mol. The van der Waals surface area contributed by atoms with Crippen molar-refractivity contribution in [2.24, 2.45) is 0 Å². The van der Waals surface area contributed by atoms with E-state index < -0.39 is 0 Å². The summed E-state index contributed by atoms with van der Waals surface area (Å²) < 4.78 is 16.1. The van der Waals surface area contributed by atoms with E-state index in [-0.39, 0.29) is 6.79 Å². The van der Waals surface area contributed by atoms with Crippen LogP contribution in [0, 0.1) is 0 Å². The topological polar surface area (TPSA) is 82.4 Å². The first-order valence-electron chi connectivity index (χ1n) is 5.50. The van der Waals surface area contributed by atoms with Crippen molar-refractivity contribution in [3.05, 3.63) is 23.9 Å². The highest BCUT2D eigenvalue weighted by Crippen LogP contribution is 2.39. The van der Waals surface area contributed by atoms with E-state index >= 15 is 0 Å². The first-order valence-corrected chi connectivity index (χ1v) is 5.50. The van der Waals surface area contributed by atoms with Crippen LogP contribution in [-0.4, -0.2) is 24.1 Å². The molecule has 6 nitrogen and oxygen atoms in total. The number of nitrogens with two attached hydrogens (primary N) is 1. The summed E-state index contributed by atoms with van der Waals surface area (Å²) in [7, 11) is 1.62. The van der Waals surface area contributed by atoms with Gasteiger partial charge in [-0.3, -0.25) is 5.10 Å². The van der Waals surface area contributed by atoms with Gasteiger partial charge in [-0.25, -0.2) is 0 Å². The Morgan fingerprint density at radius 3 is 3.00 bits per heavy atom. The number of hydrogen-bond acceptors (Lipinski definition) is 5. The molecular formula is C12H13N3O3. The minimum absolute atomic E-state index is 0.264. The number of rotatable bonds is 2. The van der Waals surface area contributed by atoms with Crippen molar-refractivity contribution in [3.63, 3.8) is 0 Å². The van der Waals surface area contributed by atoms with Gasteiger partial charge in [0.2, 0.25) is 0 Å². The van der Waals surface area contributed by atoms with Crippen LogP contribution >= 0.6 is 0 Å². The molecule has 94 valence electrons. The predicted molar refractivity (Wildman–Crippen MR) is 65.3 cm³/mol. The van der Waals surface area contributed by atoms with Gasteiger partial charge in [0, 0.05) is 16.7 Å². The molecule has 0 radical (unpaired) electrons. The van der Waals surface area contributed by atoms with Crippen molar-refractivity contribution in [1.82, 2.24) is 10.2 Å². The summed E-state index contributed by atoms with van der Waals surface area (Å²) in [6.45, 7) is 0.784. The lowest BCUT2D eigenvalue weighted by molar-refractivity contribution is -0.0164. The molecule has 1 aromatic heterocycles. The molecule has 0 fully saturated rings. The molecule has 0 amide bonds. The zero-order valence-electron chi connectivity index (χ0n) is 9.90. The number of anilines is 1. The number of benzene rings is 1. The lowest BCUT2D eigenvalue weighted by atomic mass is 10.0.